The first-order valence-electron chi connectivity index (χ1n) is 7.31. The highest BCUT2D eigenvalue weighted by molar-refractivity contribution is 8.00. The van der Waals surface area contributed by atoms with Gasteiger partial charge >= 0.3 is 6.01 Å². The minimum atomic E-state index is -0.0932. The molecular formula is C14H18N4O2S2. The smallest absolute Gasteiger partial charge is 0.322 e. The molecule has 1 amide bonds. The van der Waals surface area contributed by atoms with Crippen molar-refractivity contribution in [2.45, 2.75) is 44.8 Å². The van der Waals surface area contributed by atoms with Crippen molar-refractivity contribution in [2.75, 3.05) is 11.1 Å². The fourth-order valence-corrected chi connectivity index (χ4v) is 4.47. The number of carbonyl (C=O) groups excluding carboxylic acids is 1. The van der Waals surface area contributed by atoms with E-state index in [1.807, 2.05) is 13.8 Å². The topological polar surface area (TPSA) is 80.9 Å². The minimum Gasteiger partial charge on any atom is -0.402 e. The molecule has 3 rings (SSSR count). The van der Waals surface area contributed by atoms with Crippen molar-refractivity contribution in [3.8, 4) is 10.8 Å². The Kier molecular flexibility index (Phi) is 4.77. The SMILES string of the molecule is Cc1nc(C)c(-c2nnc(NC(=O)CSC3CCCC3)o2)s1. The van der Waals surface area contributed by atoms with Crippen molar-refractivity contribution in [1.82, 2.24) is 15.2 Å². The predicted octanol–water partition coefficient (Wildman–Crippen LogP) is 3.42. The second-order valence-corrected chi connectivity index (χ2v) is 7.82. The van der Waals surface area contributed by atoms with Gasteiger partial charge in [-0.15, -0.1) is 28.2 Å². The van der Waals surface area contributed by atoms with Crippen molar-refractivity contribution in [3.05, 3.63) is 10.7 Å². The van der Waals surface area contributed by atoms with Crippen LogP contribution in [0.5, 0.6) is 0 Å². The lowest BCUT2D eigenvalue weighted by atomic mass is 10.4. The van der Waals surface area contributed by atoms with E-state index in [1.165, 1.54) is 37.0 Å². The van der Waals surface area contributed by atoms with Crippen LogP contribution in [-0.2, 0) is 4.79 Å². The number of thiazole rings is 1. The van der Waals surface area contributed by atoms with Gasteiger partial charge in [-0.1, -0.05) is 17.9 Å². The van der Waals surface area contributed by atoms with E-state index in [0.29, 0.717) is 16.9 Å². The number of thioether (sulfide) groups is 1. The Morgan fingerprint density at radius 2 is 2.14 bits per heavy atom. The molecule has 1 aliphatic carbocycles. The molecule has 0 unspecified atom stereocenters. The van der Waals surface area contributed by atoms with Gasteiger partial charge in [-0.25, -0.2) is 4.98 Å². The van der Waals surface area contributed by atoms with Crippen LogP contribution in [0.3, 0.4) is 0 Å². The lowest BCUT2D eigenvalue weighted by Gasteiger charge is -2.07. The molecule has 22 heavy (non-hydrogen) atoms. The van der Waals surface area contributed by atoms with Crippen LogP contribution in [0.25, 0.3) is 10.8 Å². The molecule has 0 radical (unpaired) electrons. The van der Waals surface area contributed by atoms with Gasteiger partial charge in [0.25, 0.3) is 5.89 Å². The van der Waals surface area contributed by atoms with Crippen LogP contribution in [0.1, 0.15) is 36.4 Å². The van der Waals surface area contributed by atoms with E-state index in [0.717, 1.165) is 15.6 Å². The third-order valence-electron chi connectivity index (χ3n) is 3.52. The zero-order valence-corrected chi connectivity index (χ0v) is 14.2. The van der Waals surface area contributed by atoms with E-state index in [9.17, 15) is 4.79 Å². The van der Waals surface area contributed by atoms with Crippen LogP contribution in [0.4, 0.5) is 6.01 Å². The largest absolute Gasteiger partial charge is 0.402 e. The van der Waals surface area contributed by atoms with Crippen molar-refractivity contribution in [1.29, 1.82) is 0 Å². The molecule has 1 N–H and O–H groups in total. The first kappa shape index (κ1) is 15.5. The summed E-state index contributed by atoms with van der Waals surface area (Å²) < 4.78 is 5.51. The third-order valence-corrected chi connectivity index (χ3v) is 5.95. The number of amides is 1. The average Bonchev–Trinajstić information content (AvgIpc) is 3.18. The molecule has 2 aromatic heterocycles. The molecule has 6 nitrogen and oxygen atoms in total. The molecule has 1 saturated carbocycles. The van der Waals surface area contributed by atoms with E-state index in [-0.39, 0.29) is 11.9 Å². The average molecular weight is 338 g/mol. The fraction of sp³-hybridized carbons (Fsp3) is 0.571. The Balaban J connectivity index is 1.57. The Hall–Kier alpha value is -1.41. The van der Waals surface area contributed by atoms with Crippen molar-refractivity contribution in [3.63, 3.8) is 0 Å². The third kappa shape index (κ3) is 3.67. The molecule has 1 aliphatic rings. The number of hydrogen-bond acceptors (Lipinski definition) is 7. The number of aromatic nitrogens is 3. The molecule has 8 heteroatoms. The van der Waals surface area contributed by atoms with E-state index in [4.69, 9.17) is 4.42 Å². The van der Waals surface area contributed by atoms with E-state index in [2.05, 4.69) is 20.5 Å². The zero-order valence-electron chi connectivity index (χ0n) is 12.6. The Morgan fingerprint density at radius 3 is 2.82 bits per heavy atom. The Labute approximate surface area is 137 Å². The number of rotatable bonds is 5. The summed E-state index contributed by atoms with van der Waals surface area (Å²) in [4.78, 5) is 17.1. The minimum absolute atomic E-state index is 0.0932. The molecule has 0 bridgehead atoms. The highest BCUT2D eigenvalue weighted by Crippen LogP contribution is 2.30. The molecular weight excluding hydrogens is 320 g/mol. The summed E-state index contributed by atoms with van der Waals surface area (Å²) in [5, 5.41) is 12.1. The molecule has 2 aromatic rings. The van der Waals surface area contributed by atoms with Gasteiger partial charge < -0.3 is 4.42 Å². The number of carbonyl (C=O) groups is 1. The first-order chi connectivity index (χ1) is 10.6. The molecule has 118 valence electrons. The van der Waals surface area contributed by atoms with Crippen LogP contribution in [-0.4, -0.2) is 32.1 Å². The summed E-state index contributed by atoms with van der Waals surface area (Å²) in [5.74, 6) is 0.743. The van der Waals surface area contributed by atoms with Gasteiger partial charge in [0.1, 0.15) is 4.88 Å². The van der Waals surface area contributed by atoms with Gasteiger partial charge in [-0.2, -0.15) is 0 Å². The van der Waals surface area contributed by atoms with Gasteiger partial charge in [-0.3, -0.25) is 10.1 Å². The molecule has 0 atom stereocenters. The van der Waals surface area contributed by atoms with Crippen LogP contribution < -0.4 is 5.32 Å². The predicted molar refractivity (Wildman–Crippen MR) is 88.2 cm³/mol. The number of hydrogen-bond donors (Lipinski definition) is 1. The summed E-state index contributed by atoms with van der Waals surface area (Å²) in [7, 11) is 0. The number of anilines is 1. The summed E-state index contributed by atoms with van der Waals surface area (Å²) in [6.45, 7) is 3.83. The van der Waals surface area contributed by atoms with Crippen molar-refractivity contribution in [2.24, 2.45) is 0 Å². The summed E-state index contributed by atoms with van der Waals surface area (Å²) >= 11 is 3.21. The molecule has 0 spiro atoms. The molecule has 0 saturated heterocycles. The Bertz CT molecular complexity index is 662. The normalized spacial score (nSPS) is 15.4. The van der Waals surface area contributed by atoms with Crippen LogP contribution in [0, 0.1) is 13.8 Å². The quantitative estimate of drug-likeness (QED) is 0.899. The van der Waals surface area contributed by atoms with Gasteiger partial charge in [0.05, 0.1) is 16.5 Å². The highest BCUT2D eigenvalue weighted by Gasteiger charge is 2.19. The first-order valence-corrected chi connectivity index (χ1v) is 9.17. The Morgan fingerprint density at radius 1 is 1.36 bits per heavy atom. The van der Waals surface area contributed by atoms with Crippen LogP contribution >= 0.6 is 23.1 Å². The second kappa shape index (κ2) is 6.78. The zero-order chi connectivity index (χ0) is 15.5. The van der Waals surface area contributed by atoms with Crippen molar-refractivity contribution < 1.29 is 9.21 Å². The molecule has 0 aliphatic heterocycles. The van der Waals surface area contributed by atoms with Crippen LogP contribution in [0.2, 0.25) is 0 Å². The number of nitrogens with one attached hydrogen (secondary N) is 1. The van der Waals surface area contributed by atoms with Gasteiger partial charge in [0, 0.05) is 5.25 Å². The molecule has 2 heterocycles. The lowest BCUT2D eigenvalue weighted by molar-refractivity contribution is -0.113. The maximum absolute atomic E-state index is 11.9. The van der Waals surface area contributed by atoms with E-state index < -0.39 is 0 Å². The van der Waals surface area contributed by atoms with Crippen LogP contribution in [0.15, 0.2) is 4.42 Å². The van der Waals surface area contributed by atoms with Crippen molar-refractivity contribution >= 4 is 35.0 Å². The highest BCUT2D eigenvalue weighted by atomic mass is 32.2. The van der Waals surface area contributed by atoms with E-state index in [1.54, 1.807) is 11.8 Å². The lowest BCUT2D eigenvalue weighted by Crippen LogP contribution is -2.16. The maximum atomic E-state index is 11.9. The summed E-state index contributed by atoms with van der Waals surface area (Å²) in [6.07, 6.45) is 4.99. The maximum Gasteiger partial charge on any atom is 0.322 e. The number of nitrogens with zero attached hydrogens (tertiary/aromatic N) is 3. The van der Waals surface area contributed by atoms with Gasteiger partial charge in [-0.05, 0) is 26.7 Å². The molecule has 0 aromatic carbocycles. The second-order valence-electron chi connectivity index (χ2n) is 5.33. The van der Waals surface area contributed by atoms with Gasteiger partial charge in [0.15, 0.2) is 0 Å². The van der Waals surface area contributed by atoms with Gasteiger partial charge in [0.2, 0.25) is 5.91 Å². The summed E-state index contributed by atoms with van der Waals surface area (Å²) in [5.41, 5.74) is 0.862. The fourth-order valence-electron chi connectivity index (χ4n) is 2.50. The number of aryl methyl sites for hydroxylation is 2. The molecule has 1 fully saturated rings. The standard InChI is InChI=1S/C14H18N4O2S2/c1-8-12(22-9(2)15-8)13-17-18-14(20-13)16-11(19)7-21-10-5-3-4-6-10/h10H,3-7H2,1-2H3,(H,16,18,19). The summed E-state index contributed by atoms with van der Waals surface area (Å²) in [6, 6.07) is 0.150. The van der Waals surface area contributed by atoms with E-state index >= 15 is 0 Å². The monoisotopic (exact) mass is 338 g/mol.